The molecule has 1 aromatic heterocycles. The molecule has 2 heterocycles. The van der Waals surface area contributed by atoms with Gasteiger partial charge in [-0.1, -0.05) is 0 Å². The summed E-state index contributed by atoms with van der Waals surface area (Å²) in [6.07, 6.45) is 4.09. The molecule has 0 spiro atoms. The smallest absolute Gasteiger partial charge is 0.236 e. The summed E-state index contributed by atoms with van der Waals surface area (Å²) >= 11 is 0. The van der Waals surface area contributed by atoms with E-state index in [-0.39, 0.29) is 11.9 Å². The Hall–Kier alpha value is -1.53. The summed E-state index contributed by atoms with van der Waals surface area (Å²) in [5, 5.41) is 0. The number of nitrogens with zero attached hydrogens (tertiary/aromatic N) is 5. The molecule has 6 heteroatoms. The van der Waals surface area contributed by atoms with Crippen LogP contribution in [-0.2, 0) is 11.3 Å². The van der Waals surface area contributed by atoms with Gasteiger partial charge in [0.1, 0.15) is 5.82 Å². The summed E-state index contributed by atoms with van der Waals surface area (Å²) in [6.45, 7) is 4.16. The molecule has 1 unspecified atom stereocenters. The number of likely N-dealkylation sites (tertiary alicyclic amines) is 1. The van der Waals surface area contributed by atoms with E-state index in [0.717, 1.165) is 43.0 Å². The van der Waals surface area contributed by atoms with Crippen molar-refractivity contribution in [3.8, 4) is 0 Å². The minimum atomic E-state index is 0.145. The fourth-order valence-corrected chi connectivity index (χ4v) is 2.90. The van der Waals surface area contributed by atoms with Crippen molar-refractivity contribution in [1.82, 2.24) is 24.7 Å². The van der Waals surface area contributed by atoms with Crippen molar-refractivity contribution in [2.45, 2.75) is 32.4 Å². The van der Waals surface area contributed by atoms with Crippen molar-refractivity contribution < 1.29 is 4.79 Å². The first-order chi connectivity index (χ1) is 10.4. The lowest BCUT2D eigenvalue weighted by Gasteiger charge is -2.27. The van der Waals surface area contributed by atoms with Gasteiger partial charge in [-0.05, 0) is 40.4 Å². The van der Waals surface area contributed by atoms with E-state index in [1.54, 1.807) is 19.0 Å². The van der Waals surface area contributed by atoms with E-state index in [4.69, 9.17) is 4.98 Å². The third-order valence-corrected chi connectivity index (χ3v) is 4.02. The van der Waals surface area contributed by atoms with E-state index in [9.17, 15) is 4.79 Å². The number of carbonyl (C=O) groups is 1. The summed E-state index contributed by atoms with van der Waals surface area (Å²) in [6, 6.07) is 0.223. The van der Waals surface area contributed by atoms with Gasteiger partial charge in [-0.3, -0.25) is 9.69 Å². The van der Waals surface area contributed by atoms with E-state index >= 15 is 0 Å². The molecule has 2 rings (SSSR count). The Morgan fingerprint density at radius 3 is 2.73 bits per heavy atom. The molecule has 22 heavy (non-hydrogen) atoms. The van der Waals surface area contributed by atoms with Crippen molar-refractivity contribution in [2.75, 3.05) is 41.3 Å². The molecule has 1 amide bonds. The normalized spacial score (nSPS) is 18.9. The van der Waals surface area contributed by atoms with Crippen molar-refractivity contribution in [3.63, 3.8) is 0 Å². The third kappa shape index (κ3) is 4.01. The van der Waals surface area contributed by atoms with E-state index in [0.29, 0.717) is 6.54 Å². The number of hydrogen-bond acceptors (Lipinski definition) is 5. The van der Waals surface area contributed by atoms with Gasteiger partial charge in [-0.2, -0.15) is 0 Å². The van der Waals surface area contributed by atoms with Crippen molar-refractivity contribution in [3.05, 3.63) is 23.3 Å². The van der Waals surface area contributed by atoms with E-state index in [1.807, 2.05) is 27.2 Å². The molecule has 0 aromatic carbocycles. The van der Waals surface area contributed by atoms with Crippen molar-refractivity contribution >= 4 is 5.91 Å². The summed E-state index contributed by atoms with van der Waals surface area (Å²) < 4.78 is 0. The third-order valence-electron chi connectivity index (χ3n) is 4.02. The predicted octanol–water partition coefficient (Wildman–Crippen LogP) is 1.07. The van der Waals surface area contributed by atoms with Crippen LogP contribution >= 0.6 is 0 Å². The maximum absolute atomic E-state index is 12.0. The first-order valence-corrected chi connectivity index (χ1v) is 7.80. The van der Waals surface area contributed by atoms with Gasteiger partial charge in [0.15, 0.2) is 0 Å². The highest BCUT2D eigenvalue weighted by Crippen LogP contribution is 2.32. The standard InChI is InChI=1S/C16H27N5O/c1-12-17-9-13(10-19(2)3)16(18-12)14-7-6-8-21(14)11-15(22)20(4)5/h9,14H,6-8,10-11H2,1-5H3. The molecule has 1 fully saturated rings. The predicted molar refractivity (Wildman–Crippen MR) is 86.4 cm³/mol. The quantitative estimate of drug-likeness (QED) is 0.814. The van der Waals surface area contributed by atoms with Gasteiger partial charge in [-0.25, -0.2) is 9.97 Å². The van der Waals surface area contributed by atoms with Gasteiger partial charge >= 0.3 is 0 Å². The minimum Gasteiger partial charge on any atom is -0.348 e. The molecule has 1 aromatic rings. The number of aromatic nitrogens is 2. The number of carbonyl (C=O) groups excluding carboxylic acids is 1. The second kappa shape index (κ2) is 7.15. The SMILES string of the molecule is Cc1ncc(CN(C)C)c(C2CCCN2CC(=O)N(C)C)n1. The molecule has 0 aliphatic carbocycles. The van der Waals surface area contributed by atoms with Crippen LogP contribution in [0.5, 0.6) is 0 Å². The number of hydrogen-bond donors (Lipinski definition) is 0. The highest BCUT2D eigenvalue weighted by Gasteiger charge is 2.31. The van der Waals surface area contributed by atoms with Crippen LogP contribution in [-0.4, -0.2) is 71.9 Å². The molecule has 0 N–H and O–H groups in total. The Kier molecular flexibility index (Phi) is 5.47. The van der Waals surface area contributed by atoms with Crippen LogP contribution in [0.1, 0.15) is 36.0 Å². The summed E-state index contributed by atoms with van der Waals surface area (Å²) in [4.78, 5) is 27.1. The molecule has 6 nitrogen and oxygen atoms in total. The first-order valence-electron chi connectivity index (χ1n) is 7.80. The molecule has 122 valence electrons. The molecule has 1 aliphatic rings. The molecular formula is C16H27N5O. The van der Waals surface area contributed by atoms with Crippen LogP contribution in [0, 0.1) is 6.92 Å². The van der Waals surface area contributed by atoms with Gasteiger partial charge < -0.3 is 9.80 Å². The topological polar surface area (TPSA) is 52.6 Å². The maximum Gasteiger partial charge on any atom is 0.236 e. The first kappa shape index (κ1) is 16.8. The van der Waals surface area contributed by atoms with Gasteiger partial charge in [0.25, 0.3) is 0 Å². The number of amides is 1. The summed E-state index contributed by atoms with van der Waals surface area (Å²) in [7, 11) is 7.71. The Morgan fingerprint density at radius 1 is 1.36 bits per heavy atom. The van der Waals surface area contributed by atoms with Gasteiger partial charge in [0.05, 0.1) is 18.3 Å². The second-order valence-corrected chi connectivity index (χ2v) is 6.48. The van der Waals surface area contributed by atoms with Crippen molar-refractivity contribution in [2.24, 2.45) is 0 Å². The monoisotopic (exact) mass is 305 g/mol. The Morgan fingerprint density at radius 2 is 2.09 bits per heavy atom. The Bertz CT molecular complexity index is 529. The highest BCUT2D eigenvalue weighted by molar-refractivity contribution is 5.77. The van der Waals surface area contributed by atoms with Crippen LogP contribution in [0.25, 0.3) is 0 Å². The fraction of sp³-hybridized carbons (Fsp3) is 0.688. The van der Waals surface area contributed by atoms with Crippen LogP contribution in [0.4, 0.5) is 0 Å². The zero-order valence-electron chi connectivity index (χ0n) is 14.3. The highest BCUT2D eigenvalue weighted by atomic mass is 16.2. The van der Waals surface area contributed by atoms with E-state index < -0.39 is 0 Å². The fourth-order valence-electron chi connectivity index (χ4n) is 2.90. The summed E-state index contributed by atoms with van der Waals surface area (Å²) in [5.74, 6) is 0.940. The molecule has 1 saturated heterocycles. The van der Waals surface area contributed by atoms with Crippen molar-refractivity contribution in [1.29, 1.82) is 0 Å². The van der Waals surface area contributed by atoms with Gasteiger partial charge in [0, 0.05) is 32.4 Å². The number of likely N-dealkylation sites (N-methyl/N-ethyl adjacent to an activating group) is 1. The van der Waals surface area contributed by atoms with Gasteiger partial charge in [0.2, 0.25) is 5.91 Å². The minimum absolute atomic E-state index is 0.145. The average Bonchev–Trinajstić information content (AvgIpc) is 2.88. The largest absolute Gasteiger partial charge is 0.348 e. The molecule has 0 saturated carbocycles. The van der Waals surface area contributed by atoms with Crippen LogP contribution < -0.4 is 0 Å². The second-order valence-electron chi connectivity index (χ2n) is 6.48. The molecule has 1 atom stereocenters. The van der Waals surface area contributed by atoms with E-state index in [2.05, 4.69) is 14.8 Å². The lowest BCUT2D eigenvalue weighted by atomic mass is 10.1. The zero-order valence-corrected chi connectivity index (χ0v) is 14.3. The lowest BCUT2D eigenvalue weighted by Crippen LogP contribution is -2.37. The van der Waals surface area contributed by atoms with Crippen LogP contribution in [0.15, 0.2) is 6.20 Å². The Labute approximate surface area is 133 Å². The number of rotatable bonds is 5. The molecule has 0 bridgehead atoms. The maximum atomic E-state index is 12.0. The molecule has 0 radical (unpaired) electrons. The lowest BCUT2D eigenvalue weighted by molar-refractivity contribution is -0.130. The van der Waals surface area contributed by atoms with Crippen LogP contribution in [0.3, 0.4) is 0 Å². The summed E-state index contributed by atoms with van der Waals surface area (Å²) in [5.41, 5.74) is 2.25. The average molecular weight is 305 g/mol. The molecule has 1 aliphatic heterocycles. The van der Waals surface area contributed by atoms with Gasteiger partial charge in [-0.15, -0.1) is 0 Å². The Balaban J connectivity index is 2.25. The van der Waals surface area contributed by atoms with Crippen LogP contribution in [0.2, 0.25) is 0 Å². The number of aryl methyl sites for hydroxylation is 1. The van der Waals surface area contributed by atoms with E-state index in [1.165, 1.54) is 0 Å². The zero-order chi connectivity index (χ0) is 16.3. The molecular weight excluding hydrogens is 278 g/mol.